The van der Waals surface area contributed by atoms with E-state index in [0.717, 1.165) is 31.7 Å². The maximum absolute atomic E-state index is 5.31. The lowest BCUT2D eigenvalue weighted by Crippen LogP contribution is -2.82. The number of ether oxygens (including phenoxy) is 1. The van der Waals surface area contributed by atoms with Crippen molar-refractivity contribution >= 4 is 0 Å². The van der Waals surface area contributed by atoms with Gasteiger partial charge >= 0.3 is 0 Å². The first-order valence-corrected chi connectivity index (χ1v) is 9.38. The van der Waals surface area contributed by atoms with E-state index in [1.165, 1.54) is 16.7 Å². The molecular weight excluding hydrogens is 318 g/mol. The summed E-state index contributed by atoms with van der Waals surface area (Å²) in [4.78, 5) is 0. The number of methoxy groups -OCH3 is 1. The van der Waals surface area contributed by atoms with Gasteiger partial charge in [0.2, 0.25) is 0 Å². The first kappa shape index (κ1) is 18.2. The third-order valence-electron chi connectivity index (χ3n) is 4.85. The summed E-state index contributed by atoms with van der Waals surface area (Å²) in [5.74, 6) is 1.44. The van der Waals surface area contributed by atoms with Crippen LogP contribution in [0.3, 0.4) is 0 Å². The van der Waals surface area contributed by atoms with Gasteiger partial charge in [-0.15, -0.1) is 0 Å². The molecule has 0 aliphatic carbocycles. The third kappa shape index (κ3) is 5.47. The molecule has 0 radical (unpaired) electrons. The molecule has 0 saturated heterocycles. The summed E-state index contributed by atoms with van der Waals surface area (Å²) < 4.78 is 5.31. The Hall–Kier alpha value is -2.58. The summed E-state index contributed by atoms with van der Waals surface area (Å²) in [7, 11) is 1.72. The molecule has 2 nitrogen and oxygen atoms in total. The highest BCUT2D eigenvalue weighted by Gasteiger charge is 2.13. The molecule has 3 aromatic rings. The predicted molar refractivity (Wildman–Crippen MR) is 107 cm³/mol. The molecule has 0 bridgehead atoms. The van der Waals surface area contributed by atoms with Crippen molar-refractivity contribution < 1.29 is 10.1 Å². The average Bonchev–Trinajstić information content (AvgIpc) is 2.72. The van der Waals surface area contributed by atoms with Crippen LogP contribution in [-0.4, -0.2) is 13.7 Å². The molecule has 1 atom stereocenters. The Bertz CT molecular complexity index is 753. The van der Waals surface area contributed by atoms with Crippen LogP contribution in [0.1, 0.15) is 29.0 Å². The van der Waals surface area contributed by atoms with Crippen molar-refractivity contribution in [2.75, 3.05) is 13.7 Å². The molecule has 0 aliphatic rings. The second-order valence-electron chi connectivity index (χ2n) is 6.72. The summed E-state index contributed by atoms with van der Waals surface area (Å²) in [6, 6.07) is 30.0. The van der Waals surface area contributed by atoms with Crippen LogP contribution in [0.2, 0.25) is 0 Å². The highest BCUT2D eigenvalue weighted by Crippen LogP contribution is 2.25. The van der Waals surface area contributed by atoms with Gasteiger partial charge in [0.25, 0.3) is 0 Å². The fourth-order valence-corrected chi connectivity index (χ4v) is 3.36. The Labute approximate surface area is 156 Å². The summed E-state index contributed by atoms with van der Waals surface area (Å²) in [5.41, 5.74) is 4.18. The largest absolute Gasteiger partial charge is 0.497 e. The Balaban J connectivity index is 1.62. The Morgan fingerprint density at radius 2 is 1.38 bits per heavy atom. The number of nitrogens with two attached hydrogens (primary N) is 1. The molecule has 0 spiro atoms. The van der Waals surface area contributed by atoms with Gasteiger partial charge < -0.3 is 10.1 Å². The molecule has 0 saturated carbocycles. The second kappa shape index (κ2) is 9.79. The molecule has 0 aliphatic heterocycles. The van der Waals surface area contributed by atoms with Crippen LogP contribution in [0.15, 0.2) is 84.9 Å². The van der Waals surface area contributed by atoms with E-state index in [1.54, 1.807) is 7.11 Å². The molecule has 0 unspecified atom stereocenters. The smallest absolute Gasteiger partial charge is 0.118 e. The van der Waals surface area contributed by atoms with E-state index in [9.17, 15) is 0 Å². The molecule has 2 heteroatoms. The monoisotopic (exact) mass is 346 g/mol. The van der Waals surface area contributed by atoms with Gasteiger partial charge in [-0.2, -0.15) is 0 Å². The fraction of sp³-hybridized carbons (Fsp3) is 0.250. The normalized spacial score (nSPS) is 11.9. The highest BCUT2D eigenvalue weighted by molar-refractivity contribution is 5.31. The van der Waals surface area contributed by atoms with Crippen LogP contribution < -0.4 is 10.1 Å². The number of hydrogen-bond acceptors (Lipinski definition) is 1. The topological polar surface area (TPSA) is 25.8 Å². The summed E-state index contributed by atoms with van der Waals surface area (Å²) in [6.07, 6.45) is 2.24. The van der Waals surface area contributed by atoms with E-state index < -0.39 is 0 Å². The van der Waals surface area contributed by atoms with Crippen LogP contribution in [0.4, 0.5) is 0 Å². The van der Waals surface area contributed by atoms with Gasteiger partial charge in [-0.1, -0.05) is 72.8 Å². The Kier molecular flexibility index (Phi) is 6.86. The minimum Gasteiger partial charge on any atom is -0.497 e. The minimum atomic E-state index is 0.523. The SMILES string of the molecule is COc1ccc([C@H](CC[NH2+]Cc2ccccc2)Cc2ccccc2)cc1. The Morgan fingerprint density at radius 1 is 0.769 bits per heavy atom. The van der Waals surface area contributed by atoms with Crippen LogP contribution in [0.25, 0.3) is 0 Å². The van der Waals surface area contributed by atoms with Crippen molar-refractivity contribution in [2.24, 2.45) is 0 Å². The predicted octanol–water partition coefficient (Wildman–Crippen LogP) is 4.18. The van der Waals surface area contributed by atoms with Crippen LogP contribution in [0, 0.1) is 0 Å². The molecule has 3 rings (SSSR count). The lowest BCUT2D eigenvalue weighted by Gasteiger charge is -2.17. The lowest BCUT2D eigenvalue weighted by atomic mass is 9.89. The van der Waals surface area contributed by atoms with Gasteiger partial charge in [-0.25, -0.2) is 0 Å². The van der Waals surface area contributed by atoms with Gasteiger partial charge in [-0.05, 0) is 35.6 Å². The molecule has 0 amide bonds. The van der Waals surface area contributed by atoms with Gasteiger partial charge in [0.05, 0.1) is 13.7 Å². The van der Waals surface area contributed by atoms with E-state index >= 15 is 0 Å². The van der Waals surface area contributed by atoms with Crippen molar-refractivity contribution in [3.63, 3.8) is 0 Å². The van der Waals surface area contributed by atoms with Crippen LogP contribution in [0.5, 0.6) is 5.75 Å². The van der Waals surface area contributed by atoms with E-state index in [-0.39, 0.29) is 0 Å². The molecule has 0 aromatic heterocycles. The Morgan fingerprint density at radius 3 is 2.00 bits per heavy atom. The third-order valence-corrected chi connectivity index (χ3v) is 4.85. The molecule has 2 N–H and O–H groups in total. The van der Waals surface area contributed by atoms with E-state index in [2.05, 4.69) is 90.2 Å². The second-order valence-corrected chi connectivity index (χ2v) is 6.72. The zero-order valence-corrected chi connectivity index (χ0v) is 15.5. The molecule has 26 heavy (non-hydrogen) atoms. The van der Waals surface area contributed by atoms with E-state index in [4.69, 9.17) is 4.74 Å². The quantitative estimate of drug-likeness (QED) is 0.578. The molecule has 0 heterocycles. The van der Waals surface area contributed by atoms with Gasteiger partial charge in [0.15, 0.2) is 0 Å². The summed E-state index contributed by atoms with van der Waals surface area (Å²) in [6.45, 7) is 2.17. The molecular formula is C24H28NO+. The number of benzene rings is 3. The minimum absolute atomic E-state index is 0.523. The average molecular weight is 346 g/mol. The number of quaternary nitrogens is 1. The standard InChI is InChI=1S/C24H27NO/c1-26-24-14-12-22(13-15-24)23(18-20-8-4-2-5-9-20)16-17-25-19-21-10-6-3-7-11-21/h2-15,23,25H,16-19H2,1H3/p+1/t23-/m1/s1. The van der Waals surface area contributed by atoms with Crippen molar-refractivity contribution in [1.82, 2.24) is 0 Å². The number of hydrogen-bond donors (Lipinski definition) is 1. The van der Waals surface area contributed by atoms with Crippen molar-refractivity contribution in [2.45, 2.75) is 25.3 Å². The van der Waals surface area contributed by atoms with Crippen molar-refractivity contribution in [3.05, 3.63) is 102 Å². The summed E-state index contributed by atoms with van der Waals surface area (Å²) >= 11 is 0. The van der Waals surface area contributed by atoms with Crippen LogP contribution in [-0.2, 0) is 13.0 Å². The molecule has 134 valence electrons. The maximum atomic E-state index is 5.31. The van der Waals surface area contributed by atoms with E-state index in [0.29, 0.717) is 5.92 Å². The molecule has 0 fully saturated rings. The van der Waals surface area contributed by atoms with Gasteiger partial charge in [-0.3, -0.25) is 0 Å². The van der Waals surface area contributed by atoms with E-state index in [1.807, 2.05) is 0 Å². The van der Waals surface area contributed by atoms with Crippen LogP contribution >= 0.6 is 0 Å². The van der Waals surface area contributed by atoms with Crippen molar-refractivity contribution in [1.29, 1.82) is 0 Å². The lowest BCUT2D eigenvalue weighted by molar-refractivity contribution is -0.671. The zero-order chi connectivity index (χ0) is 18.0. The van der Waals surface area contributed by atoms with Gasteiger partial charge in [0.1, 0.15) is 12.3 Å². The van der Waals surface area contributed by atoms with Crippen molar-refractivity contribution in [3.8, 4) is 5.75 Å². The number of rotatable bonds is 9. The zero-order valence-electron chi connectivity index (χ0n) is 15.5. The first-order chi connectivity index (χ1) is 12.8. The first-order valence-electron chi connectivity index (χ1n) is 9.38. The molecule has 3 aromatic carbocycles. The highest BCUT2D eigenvalue weighted by atomic mass is 16.5. The maximum Gasteiger partial charge on any atom is 0.118 e. The summed E-state index contributed by atoms with van der Waals surface area (Å²) in [5, 5.41) is 2.41. The van der Waals surface area contributed by atoms with Gasteiger partial charge in [0, 0.05) is 12.0 Å². The fourth-order valence-electron chi connectivity index (χ4n) is 3.36.